The van der Waals surface area contributed by atoms with E-state index in [9.17, 15) is 14.7 Å². The number of H-pyrrole nitrogens is 1. The number of nitrogens with one attached hydrogen (secondary N) is 1. The fraction of sp³-hybridized carbons (Fsp3) is 0.200. The summed E-state index contributed by atoms with van der Waals surface area (Å²) in [4.78, 5) is 30.0. The normalized spacial score (nSPS) is 12.6. The molecule has 0 aliphatic heterocycles. The summed E-state index contributed by atoms with van der Waals surface area (Å²) in [5, 5.41) is 10.4. The number of amides is 1. The molecule has 1 heterocycles. The maximum atomic E-state index is 13.2. The highest BCUT2D eigenvalue weighted by molar-refractivity contribution is 6.02. The van der Waals surface area contributed by atoms with Crippen LogP contribution in [0.2, 0.25) is 0 Å². The van der Waals surface area contributed by atoms with Crippen LogP contribution in [0.1, 0.15) is 49.5 Å². The third-order valence-electron chi connectivity index (χ3n) is 6.86. The number of aromatic amines is 1. The number of aromatic carboxylic acids is 1. The number of carboxylic acid groups (broad SMARTS) is 1. The number of carbonyl (C=O) groups is 2. The minimum Gasteiger partial charge on any atom is -0.497 e. The molecule has 5 rings (SSSR count). The minimum absolute atomic E-state index is 0.127. The molecule has 0 spiro atoms. The van der Waals surface area contributed by atoms with Crippen molar-refractivity contribution in [1.29, 1.82) is 0 Å². The van der Waals surface area contributed by atoms with Crippen molar-refractivity contribution in [1.82, 2.24) is 9.88 Å². The van der Waals surface area contributed by atoms with Gasteiger partial charge in [-0.15, -0.1) is 0 Å². The molecular formula is C30H28N2O5. The molecule has 2 N–H and O–H groups in total. The van der Waals surface area contributed by atoms with Crippen LogP contribution in [-0.2, 0) is 13.0 Å². The summed E-state index contributed by atoms with van der Waals surface area (Å²) in [7, 11) is 5.03. The second-order valence-corrected chi connectivity index (χ2v) is 9.08. The molecule has 1 aromatic heterocycles. The Hall–Kier alpha value is -4.52. The van der Waals surface area contributed by atoms with Gasteiger partial charge in [-0.3, -0.25) is 4.79 Å². The number of hydrogen-bond acceptors (Lipinski definition) is 4. The van der Waals surface area contributed by atoms with Crippen molar-refractivity contribution >= 4 is 28.4 Å². The molecule has 0 saturated carbocycles. The van der Waals surface area contributed by atoms with E-state index in [0.29, 0.717) is 23.4 Å². The largest absolute Gasteiger partial charge is 0.497 e. The number of rotatable bonds is 7. The number of nitrogens with zero attached hydrogens (tertiary/aromatic N) is 1. The van der Waals surface area contributed by atoms with E-state index in [2.05, 4.69) is 17.1 Å². The van der Waals surface area contributed by atoms with Crippen LogP contribution in [0.25, 0.3) is 16.5 Å². The second kappa shape index (κ2) is 9.85. The summed E-state index contributed by atoms with van der Waals surface area (Å²) in [5.74, 6) is 0.422. The van der Waals surface area contributed by atoms with Gasteiger partial charge in [-0.1, -0.05) is 24.3 Å². The van der Waals surface area contributed by atoms with Crippen LogP contribution >= 0.6 is 0 Å². The van der Waals surface area contributed by atoms with Crippen LogP contribution in [0.4, 0.5) is 0 Å². The second-order valence-electron chi connectivity index (χ2n) is 9.08. The summed E-state index contributed by atoms with van der Waals surface area (Å²) < 4.78 is 10.8. The number of methoxy groups -OCH3 is 2. The first-order chi connectivity index (χ1) is 17.9. The molecule has 7 nitrogen and oxygen atoms in total. The predicted molar refractivity (Wildman–Crippen MR) is 142 cm³/mol. The first kappa shape index (κ1) is 24.2. The number of aromatic nitrogens is 1. The Kier molecular flexibility index (Phi) is 6.44. The van der Waals surface area contributed by atoms with Crippen molar-refractivity contribution in [2.75, 3.05) is 21.3 Å². The van der Waals surface area contributed by atoms with E-state index >= 15 is 0 Å². The maximum Gasteiger partial charge on any atom is 0.335 e. The quantitative estimate of drug-likeness (QED) is 0.351. The third kappa shape index (κ3) is 4.44. The lowest BCUT2D eigenvalue weighted by atomic mass is 9.85. The van der Waals surface area contributed by atoms with E-state index in [4.69, 9.17) is 9.47 Å². The van der Waals surface area contributed by atoms with Crippen LogP contribution in [0.3, 0.4) is 0 Å². The van der Waals surface area contributed by atoms with Crippen LogP contribution in [0.5, 0.6) is 11.5 Å². The van der Waals surface area contributed by atoms with Crippen LogP contribution in [-0.4, -0.2) is 48.1 Å². The Bertz CT molecular complexity index is 1530. The van der Waals surface area contributed by atoms with Gasteiger partial charge < -0.3 is 24.5 Å². The molecular weight excluding hydrogens is 468 g/mol. The summed E-state index contributed by atoms with van der Waals surface area (Å²) in [6, 6.07) is 18.2. The molecule has 3 aromatic carbocycles. The number of carboxylic acids is 1. The molecule has 7 heteroatoms. The number of fused-ring (bicyclic) bond motifs is 2. The van der Waals surface area contributed by atoms with Crippen molar-refractivity contribution in [3.8, 4) is 11.5 Å². The van der Waals surface area contributed by atoms with Gasteiger partial charge in [0.25, 0.3) is 5.91 Å². The van der Waals surface area contributed by atoms with Gasteiger partial charge in [0.1, 0.15) is 11.5 Å². The van der Waals surface area contributed by atoms with Crippen molar-refractivity contribution in [3.05, 3.63) is 100 Å². The number of ether oxygens (including phenoxy) is 2. The summed E-state index contributed by atoms with van der Waals surface area (Å²) in [6.45, 7) is 0.313. The van der Waals surface area contributed by atoms with Crippen LogP contribution < -0.4 is 9.47 Å². The van der Waals surface area contributed by atoms with Gasteiger partial charge in [0.2, 0.25) is 0 Å². The lowest BCUT2D eigenvalue weighted by Gasteiger charge is -2.23. The zero-order valence-electron chi connectivity index (χ0n) is 21.0. The molecule has 0 radical (unpaired) electrons. The first-order valence-electron chi connectivity index (χ1n) is 12.1. The molecule has 0 atom stereocenters. The highest BCUT2D eigenvalue weighted by Crippen LogP contribution is 2.41. The lowest BCUT2D eigenvalue weighted by molar-refractivity contribution is 0.0696. The lowest BCUT2D eigenvalue weighted by Crippen LogP contribution is -2.26. The van der Waals surface area contributed by atoms with Crippen LogP contribution in [0.15, 0.2) is 66.7 Å². The van der Waals surface area contributed by atoms with Crippen LogP contribution in [0, 0.1) is 0 Å². The van der Waals surface area contributed by atoms with Crippen molar-refractivity contribution < 1.29 is 24.2 Å². The fourth-order valence-electron chi connectivity index (χ4n) is 5.05. The van der Waals surface area contributed by atoms with Crippen molar-refractivity contribution in [2.24, 2.45) is 0 Å². The van der Waals surface area contributed by atoms with E-state index < -0.39 is 5.97 Å². The van der Waals surface area contributed by atoms with Gasteiger partial charge in [0, 0.05) is 40.3 Å². The number of carbonyl (C=O) groups excluding carboxylic acids is 1. The van der Waals surface area contributed by atoms with Gasteiger partial charge in [0.15, 0.2) is 0 Å². The Balaban J connectivity index is 1.60. The number of allylic oxidation sites excluding steroid dienone is 1. The summed E-state index contributed by atoms with van der Waals surface area (Å²) in [5.41, 5.74) is 6.56. The first-order valence-corrected chi connectivity index (χ1v) is 12.1. The van der Waals surface area contributed by atoms with E-state index in [1.165, 1.54) is 0 Å². The molecule has 0 bridgehead atoms. The zero-order chi connectivity index (χ0) is 26.1. The Morgan fingerprint density at radius 1 is 1.00 bits per heavy atom. The summed E-state index contributed by atoms with van der Waals surface area (Å²) in [6.07, 6.45) is 3.94. The highest BCUT2D eigenvalue weighted by atomic mass is 16.5. The smallest absolute Gasteiger partial charge is 0.335 e. The number of hydrogen-bond donors (Lipinski definition) is 2. The van der Waals surface area contributed by atoms with Gasteiger partial charge in [-0.2, -0.15) is 0 Å². The van der Waals surface area contributed by atoms with Gasteiger partial charge in [-0.25, -0.2) is 4.79 Å². The molecule has 1 aliphatic carbocycles. The van der Waals surface area contributed by atoms with E-state index in [0.717, 1.165) is 51.9 Å². The van der Waals surface area contributed by atoms with Crippen molar-refractivity contribution in [3.63, 3.8) is 0 Å². The third-order valence-corrected chi connectivity index (χ3v) is 6.86. The Morgan fingerprint density at radius 3 is 2.46 bits per heavy atom. The van der Waals surface area contributed by atoms with E-state index in [-0.39, 0.29) is 11.5 Å². The standard InChI is InChI=1S/C30H28N2O5/c1-32(29(33)18-10-13-20(36-2)14-11-18)17-26-28(24-15-12-19(30(34)35)16-25(24)31-26)23-8-4-7-22-21(23)6-5-9-27(22)37-3/h5-6,8-16,31H,4,7,17H2,1-3H3,(H,34,35). The number of benzene rings is 3. The van der Waals surface area contributed by atoms with E-state index in [1.54, 1.807) is 62.6 Å². The average Bonchev–Trinajstić information content (AvgIpc) is 3.28. The SMILES string of the molecule is COc1ccc(C(=O)N(C)Cc2[nH]c3cc(C(=O)O)ccc3c2C2=CCCc3c(OC)cccc32)cc1. The Labute approximate surface area is 214 Å². The molecule has 0 unspecified atom stereocenters. The maximum absolute atomic E-state index is 13.2. The molecule has 4 aromatic rings. The van der Waals surface area contributed by atoms with E-state index in [1.807, 2.05) is 18.2 Å². The zero-order valence-corrected chi connectivity index (χ0v) is 21.0. The summed E-state index contributed by atoms with van der Waals surface area (Å²) >= 11 is 0. The minimum atomic E-state index is -0.988. The predicted octanol–water partition coefficient (Wildman–Crippen LogP) is 5.53. The van der Waals surface area contributed by atoms with Gasteiger partial charge in [-0.05, 0) is 66.4 Å². The molecule has 1 amide bonds. The Morgan fingerprint density at radius 2 is 1.76 bits per heavy atom. The molecule has 0 fully saturated rings. The molecule has 37 heavy (non-hydrogen) atoms. The topological polar surface area (TPSA) is 91.9 Å². The highest BCUT2D eigenvalue weighted by Gasteiger charge is 2.25. The van der Waals surface area contributed by atoms with Gasteiger partial charge >= 0.3 is 5.97 Å². The van der Waals surface area contributed by atoms with Gasteiger partial charge in [0.05, 0.1) is 26.3 Å². The molecule has 188 valence electrons. The monoisotopic (exact) mass is 496 g/mol. The molecule has 0 saturated heterocycles. The fourth-order valence-corrected chi connectivity index (χ4v) is 5.05. The average molecular weight is 497 g/mol. The molecule has 1 aliphatic rings. The van der Waals surface area contributed by atoms with Crippen molar-refractivity contribution in [2.45, 2.75) is 19.4 Å².